The van der Waals surface area contributed by atoms with Gasteiger partial charge in [0.1, 0.15) is 0 Å². The summed E-state index contributed by atoms with van der Waals surface area (Å²) in [5.41, 5.74) is 0.887. The number of carbonyl (C=O) groups excluding carboxylic acids is 1. The Hall–Kier alpha value is -2.05. The summed E-state index contributed by atoms with van der Waals surface area (Å²) in [6.07, 6.45) is 2.12. The van der Waals surface area contributed by atoms with Crippen molar-refractivity contribution in [1.82, 2.24) is 15.1 Å². The number of nitrogens with zero attached hydrogens (tertiary/aromatic N) is 2. The molecule has 0 aromatic carbocycles. The van der Waals surface area contributed by atoms with Crippen LogP contribution in [0.1, 0.15) is 52.1 Å². The van der Waals surface area contributed by atoms with Gasteiger partial charge in [0.2, 0.25) is 0 Å². The monoisotopic (exact) mass is 296 g/mol. The van der Waals surface area contributed by atoms with E-state index in [-0.39, 0.29) is 18.4 Å². The number of carboxylic acid groups (broad SMARTS) is 1. The molecule has 0 bridgehead atoms. The van der Waals surface area contributed by atoms with E-state index in [9.17, 15) is 9.59 Å². The lowest BCUT2D eigenvalue weighted by Crippen LogP contribution is -2.45. The summed E-state index contributed by atoms with van der Waals surface area (Å²) in [6, 6.07) is -0.361. The Labute approximate surface area is 124 Å². The molecule has 118 valence electrons. The van der Waals surface area contributed by atoms with Gasteiger partial charge in [0, 0.05) is 25.2 Å². The topological polar surface area (TPSA) is 96.3 Å². The standard InChI is InChI=1S/C14H24N4O3/c1-9(2)12-10(8-18(5)17-12)15-13(21)16-14(3,4)7-6-11(19)20/h8-9H,6-7H2,1-5H3,(H,19,20)(H2,15,16,21). The molecule has 0 saturated heterocycles. The zero-order chi connectivity index (χ0) is 16.2. The third-order valence-corrected chi connectivity index (χ3v) is 3.07. The smallest absolute Gasteiger partial charge is 0.319 e. The van der Waals surface area contributed by atoms with Crippen LogP contribution in [0.5, 0.6) is 0 Å². The lowest BCUT2D eigenvalue weighted by Gasteiger charge is -2.25. The first-order valence-corrected chi connectivity index (χ1v) is 6.95. The number of hydrogen-bond donors (Lipinski definition) is 3. The molecular weight excluding hydrogens is 272 g/mol. The normalized spacial score (nSPS) is 11.5. The molecule has 0 aliphatic heterocycles. The summed E-state index contributed by atoms with van der Waals surface area (Å²) < 4.78 is 1.65. The molecule has 0 spiro atoms. The number of anilines is 1. The van der Waals surface area contributed by atoms with Gasteiger partial charge in [0.25, 0.3) is 0 Å². The van der Waals surface area contributed by atoms with Gasteiger partial charge < -0.3 is 15.7 Å². The molecule has 3 N–H and O–H groups in total. The largest absolute Gasteiger partial charge is 0.481 e. The van der Waals surface area contributed by atoms with Crippen molar-refractivity contribution in [3.05, 3.63) is 11.9 Å². The second-order valence-electron chi connectivity index (χ2n) is 6.11. The minimum absolute atomic E-state index is 0.0113. The molecular formula is C14H24N4O3. The van der Waals surface area contributed by atoms with Crippen LogP contribution in [0.25, 0.3) is 0 Å². The Morgan fingerprint density at radius 1 is 1.43 bits per heavy atom. The number of rotatable bonds is 6. The zero-order valence-electron chi connectivity index (χ0n) is 13.2. The van der Waals surface area contributed by atoms with Crippen LogP contribution in [0, 0.1) is 0 Å². The second-order valence-corrected chi connectivity index (χ2v) is 6.11. The van der Waals surface area contributed by atoms with E-state index in [4.69, 9.17) is 5.11 Å². The lowest BCUT2D eigenvalue weighted by molar-refractivity contribution is -0.137. The number of carboxylic acids is 1. The Kier molecular flexibility index (Phi) is 5.34. The number of aliphatic carboxylic acids is 1. The maximum atomic E-state index is 12.1. The number of hydrogen-bond acceptors (Lipinski definition) is 3. The second kappa shape index (κ2) is 6.60. The molecule has 0 radical (unpaired) electrons. The van der Waals surface area contributed by atoms with E-state index in [0.29, 0.717) is 12.1 Å². The fourth-order valence-corrected chi connectivity index (χ4v) is 1.97. The van der Waals surface area contributed by atoms with Gasteiger partial charge in [-0.05, 0) is 26.2 Å². The Morgan fingerprint density at radius 2 is 2.05 bits per heavy atom. The summed E-state index contributed by atoms with van der Waals surface area (Å²) in [5, 5.41) is 18.6. The number of urea groups is 1. The number of amides is 2. The minimum atomic E-state index is -0.875. The molecule has 2 amide bonds. The highest BCUT2D eigenvalue weighted by molar-refractivity contribution is 5.90. The number of aromatic nitrogens is 2. The molecule has 1 rings (SSSR count). The summed E-state index contributed by atoms with van der Waals surface area (Å²) in [6.45, 7) is 7.59. The fraction of sp³-hybridized carbons (Fsp3) is 0.643. The van der Waals surface area contributed by atoms with Crippen molar-refractivity contribution in [2.24, 2.45) is 7.05 Å². The molecule has 0 aliphatic rings. The molecule has 0 atom stereocenters. The SMILES string of the molecule is CC(C)c1nn(C)cc1NC(=O)NC(C)(C)CCC(=O)O. The number of aryl methyl sites for hydroxylation is 1. The molecule has 1 heterocycles. The van der Waals surface area contributed by atoms with Gasteiger partial charge >= 0.3 is 12.0 Å². The van der Waals surface area contributed by atoms with Gasteiger partial charge in [-0.2, -0.15) is 5.10 Å². The first kappa shape index (κ1) is 17.0. The van der Waals surface area contributed by atoms with Crippen LogP contribution in [0.2, 0.25) is 0 Å². The third-order valence-electron chi connectivity index (χ3n) is 3.07. The van der Waals surface area contributed by atoms with Gasteiger partial charge in [-0.25, -0.2) is 4.79 Å². The average Bonchev–Trinajstić information content (AvgIpc) is 2.67. The first-order chi connectivity index (χ1) is 9.60. The van der Waals surface area contributed by atoms with Crippen molar-refractivity contribution in [1.29, 1.82) is 0 Å². The Bertz CT molecular complexity index is 520. The summed E-state index contributed by atoms with van der Waals surface area (Å²) in [4.78, 5) is 22.7. The predicted molar refractivity (Wildman–Crippen MR) is 80.4 cm³/mol. The van der Waals surface area contributed by atoms with Crippen LogP contribution >= 0.6 is 0 Å². The molecule has 0 saturated carbocycles. The third kappa shape index (κ3) is 5.45. The predicted octanol–water partition coefficient (Wildman–Crippen LogP) is 2.31. The molecule has 1 aromatic rings. The van der Waals surface area contributed by atoms with Crippen LogP contribution in [0.4, 0.5) is 10.5 Å². The molecule has 0 unspecified atom stereocenters. The van der Waals surface area contributed by atoms with E-state index in [2.05, 4.69) is 15.7 Å². The summed E-state index contributed by atoms with van der Waals surface area (Å²) in [7, 11) is 1.80. The van der Waals surface area contributed by atoms with E-state index in [1.807, 2.05) is 13.8 Å². The molecule has 21 heavy (non-hydrogen) atoms. The maximum Gasteiger partial charge on any atom is 0.319 e. The van der Waals surface area contributed by atoms with E-state index in [1.54, 1.807) is 31.8 Å². The molecule has 0 fully saturated rings. The first-order valence-electron chi connectivity index (χ1n) is 6.95. The van der Waals surface area contributed by atoms with Gasteiger partial charge in [0.15, 0.2) is 0 Å². The van der Waals surface area contributed by atoms with Crippen molar-refractivity contribution >= 4 is 17.7 Å². The molecule has 7 heteroatoms. The van der Waals surface area contributed by atoms with Gasteiger partial charge in [-0.15, -0.1) is 0 Å². The van der Waals surface area contributed by atoms with Gasteiger partial charge in [0.05, 0.1) is 11.4 Å². The molecule has 1 aromatic heterocycles. The summed E-state index contributed by atoms with van der Waals surface area (Å²) >= 11 is 0. The van der Waals surface area contributed by atoms with Crippen LogP contribution in [0.15, 0.2) is 6.20 Å². The highest BCUT2D eigenvalue weighted by Crippen LogP contribution is 2.22. The highest BCUT2D eigenvalue weighted by Gasteiger charge is 2.22. The van der Waals surface area contributed by atoms with E-state index < -0.39 is 11.5 Å². The van der Waals surface area contributed by atoms with E-state index >= 15 is 0 Å². The minimum Gasteiger partial charge on any atom is -0.481 e. The molecule has 0 aliphatic carbocycles. The van der Waals surface area contributed by atoms with Crippen molar-refractivity contribution in [2.75, 3.05) is 5.32 Å². The summed E-state index contributed by atoms with van der Waals surface area (Å²) in [5.74, 6) is -0.679. The Balaban J connectivity index is 2.67. The quantitative estimate of drug-likeness (QED) is 0.750. The maximum absolute atomic E-state index is 12.1. The van der Waals surface area contributed by atoms with Crippen LogP contribution in [-0.2, 0) is 11.8 Å². The Morgan fingerprint density at radius 3 is 2.57 bits per heavy atom. The zero-order valence-corrected chi connectivity index (χ0v) is 13.2. The fourth-order valence-electron chi connectivity index (χ4n) is 1.97. The van der Waals surface area contributed by atoms with E-state index in [0.717, 1.165) is 5.69 Å². The van der Waals surface area contributed by atoms with E-state index in [1.165, 1.54) is 0 Å². The lowest BCUT2D eigenvalue weighted by atomic mass is 9.99. The van der Waals surface area contributed by atoms with Crippen LogP contribution in [-0.4, -0.2) is 32.4 Å². The average molecular weight is 296 g/mol. The molecule has 7 nitrogen and oxygen atoms in total. The van der Waals surface area contributed by atoms with Crippen LogP contribution in [0.3, 0.4) is 0 Å². The van der Waals surface area contributed by atoms with Crippen molar-refractivity contribution in [3.63, 3.8) is 0 Å². The number of carbonyl (C=O) groups is 2. The van der Waals surface area contributed by atoms with Crippen molar-refractivity contribution in [2.45, 2.75) is 52.0 Å². The van der Waals surface area contributed by atoms with Gasteiger partial charge in [-0.3, -0.25) is 9.48 Å². The van der Waals surface area contributed by atoms with Gasteiger partial charge in [-0.1, -0.05) is 13.8 Å². The van der Waals surface area contributed by atoms with Crippen LogP contribution < -0.4 is 10.6 Å². The van der Waals surface area contributed by atoms with Crippen molar-refractivity contribution in [3.8, 4) is 0 Å². The van der Waals surface area contributed by atoms with Crippen molar-refractivity contribution < 1.29 is 14.7 Å². The number of nitrogens with one attached hydrogen (secondary N) is 2. The highest BCUT2D eigenvalue weighted by atomic mass is 16.4.